The highest BCUT2D eigenvalue weighted by Crippen LogP contribution is 2.19. The van der Waals surface area contributed by atoms with Crippen molar-refractivity contribution in [2.75, 3.05) is 13.2 Å². The third kappa shape index (κ3) is 4.18. The molecule has 1 aromatic rings. The van der Waals surface area contributed by atoms with E-state index in [0.717, 1.165) is 37.1 Å². The molecule has 0 aromatic carbocycles. The van der Waals surface area contributed by atoms with Crippen LogP contribution >= 0.6 is 0 Å². The maximum Gasteiger partial charge on any atom is 0.137 e. The van der Waals surface area contributed by atoms with E-state index in [1.54, 1.807) is 0 Å². The molecule has 0 radical (unpaired) electrons. The van der Waals surface area contributed by atoms with Gasteiger partial charge in [-0.05, 0) is 37.8 Å². The first-order valence-corrected chi connectivity index (χ1v) is 7.33. The number of hydrogen-bond acceptors (Lipinski definition) is 4. The van der Waals surface area contributed by atoms with Gasteiger partial charge in [-0.2, -0.15) is 0 Å². The van der Waals surface area contributed by atoms with Crippen LogP contribution in [0.4, 0.5) is 0 Å². The molecule has 1 atom stereocenters. The minimum absolute atomic E-state index is 0.398. The highest BCUT2D eigenvalue weighted by Gasteiger charge is 2.20. The van der Waals surface area contributed by atoms with Crippen molar-refractivity contribution in [1.29, 1.82) is 0 Å². The van der Waals surface area contributed by atoms with Gasteiger partial charge < -0.3 is 14.8 Å². The summed E-state index contributed by atoms with van der Waals surface area (Å²) in [5.41, 5.74) is 1.08. The maximum absolute atomic E-state index is 5.70. The summed E-state index contributed by atoms with van der Waals surface area (Å²) in [5.74, 6) is 0.855. The standard InChI is InChI=1S/C15H22N2O2/c1-2-14(18-8-1)7-9-19-15-6-5-13(17-11-15)10-16-12-3-4-12/h5-6,11-12,14,16H,1-4,7-10H2. The Kier molecular flexibility index (Phi) is 4.30. The molecule has 1 saturated carbocycles. The first-order valence-electron chi connectivity index (χ1n) is 7.33. The molecule has 2 fully saturated rings. The molecule has 104 valence electrons. The Balaban J connectivity index is 1.37. The summed E-state index contributed by atoms with van der Waals surface area (Å²) in [4.78, 5) is 4.41. The SMILES string of the molecule is c1cc(CNC2CC2)ncc1OCCC1CCCO1. The number of ether oxygens (including phenoxy) is 2. The van der Waals surface area contributed by atoms with Gasteiger partial charge in [-0.15, -0.1) is 0 Å². The Bertz CT molecular complexity index is 384. The van der Waals surface area contributed by atoms with Crippen molar-refractivity contribution in [3.8, 4) is 5.75 Å². The fraction of sp³-hybridized carbons (Fsp3) is 0.667. The third-order valence-electron chi connectivity index (χ3n) is 3.68. The van der Waals surface area contributed by atoms with E-state index >= 15 is 0 Å². The highest BCUT2D eigenvalue weighted by atomic mass is 16.5. The minimum Gasteiger partial charge on any atom is -0.492 e. The first kappa shape index (κ1) is 12.9. The Morgan fingerprint density at radius 1 is 1.32 bits per heavy atom. The summed E-state index contributed by atoms with van der Waals surface area (Å²) in [5, 5.41) is 3.45. The molecule has 4 nitrogen and oxygen atoms in total. The molecule has 2 aliphatic rings. The van der Waals surface area contributed by atoms with E-state index in [-0.39, 0.29) is 0 Å². The third-order valence-corrected chi connectivity index (χ3v) is 3.68. The molecule has 1 saturated heterocycles. The van der Waals surface area contributed by atoms with Crippen LogP contribution in [0.5, 0.6) is 5.75 Å². The van der Waals surface area contributed by atoms with Crippen LogP contribution in [-0.4, -0.2) is 30.3 Å². The number of aromatic nitrogens is 1. The Morgan fingerprint density at radius 3 is 2.95 bits per heavy atom. The normalized spacial score (nSPS) is 22.6. The molecule has 2 heterocycles. The lowest BCUT2D eigenvalue weighted by molar-refractivity contribution is 0.0903. The molecule has 1 aliphatic heterocycles. The van der Waals surface area contributed by atoms with Crippen LogP contribution in [-0.2, 0) is 11.3 Å². The lowest BCUT2D eigenvalue weighted by Crippen LogP contribution is -2.16. The van der Waals surface area contributed by atoms with Crippen LogP contribution in [0, 0.1) is 0 Å². The van der Waals surface area contributed by atoms with Gasteiger partial charge in [-0.3, -0.25) is 4.98 Å². The Morgan fingerprint density at radius 2 is 2.26 bits per heavy atom. The second kappa shape index (κ2) is 6.35. The van der Waals surface area contributed by atoms with Gasteiger partial charge in [0, 0.05) is 25.6 Å². The van der Waals surface area contributed by atoms with Crippen molar-refractivity contribution in [3.63, 3.8) is 0 Å². The molecule has 0 spiro atoms. The Hall–Kier alpha value is -1.13. The molecule has 4 heteroatoms. The summed E-state index contributed by atoms with van der Waals surface area (Å²) in [6.07, 6.45) is 8.18. The molecule has 19 heavy (non-hydrogen) atoms. The quantitative estimate of drug-likeness (QED) is 0.818. The van der Waals surface area contributed by atoms with Gasteiger partial charge in [-0.25, -0.2) is 0 Å². The Labute approximate surface area is 114 Å². The van der Waals surface area contributed by atoms with Crippen molar-refractivity contribution in [2.45, 2.75) is 50.8 Å². The number of pyridine rings is 1. The fourth-order valence-corrected chi connectivity index (χ4v) is 2.32. The zero-order chi connectivity index (χ0) is 12.9. The molecule has 1 unspecified atom stereocenters. The number of rotatable bonds is 7. The summed E-state index contributed by atoms with van der Waals surface area (Å²) >= 11 is 0. The first-order chi connectivity index (χ1) is 9.40. The second-order valence-electron chi connectivity index (χ2n) is 5.41. The fourth-order valence-electron chi connectivity index (χ4n) is 2.32. The van der Waals surface area contributed by atoms with Crippen LogP contribution < -0.4 is 10.1 Å². The van der Waals surface area contributed by atoms with E-state index in [0.29, 0.717) is 12.7 Å². The summed E-state index contributed by atoms with van der Waals surface area (Å²) in [7, 11) is 0. The molecule has 1 N–H and O–H groups in total. The zero-order valence-electron chi connectivity index (χ0n) is 11.3. The van der Waals surface area contributed by atoms with Gasteiger partial charge in [0.1, 0.15) is 5.75 Å². The number of hydrogen-bond donors (Lipinski definition) is 1. The predicted molar refractivity (Wildman–Crippen MR) is 73.2 cm³/mol. The van der Waals surface area contributed by atoms with E-state index in [2.05, 4.69) is 10.3 Å². The van der Waals surface area contributed by atoms with Crippen molar-refractivity contribution < 1.29 is 9.47 Å². The number of nitrogens with zero attached hydrogens (tertiary/aromatic N) is 1. The van der Waals surface area contributed by atoms with Gasteiger partial charge in [-0.1, -0.05) is 0 Å². The van der Waals surface area contributed by atoms with Gasteiger partial charge in [0.2, 0.25) is 0 Å². The molecular weight excluding hydrogens is 240 g/mol. The highest BCUT2D eigenvalue weighted by molar-refractivity contribution is 5.19. The minimum atomic E-state index is 0.398. The van der Waals surface area contributed by atoms with Crippen LogP contribution in [0.1, 0.15) is 37.8 Å². The van der Waals surface area contributed by atoms with Crippen molar-refractivity contribution >= 4 is 0 Å². The summed E-state index contributed by atoms with van der Waals surface area (Å²) in [6, 6.07) is 4.77. The van der Waals surface area contributed by atoms with Gasteiger partial charge in [0.15, 0.2) is 0 Å². The van der Waals surface area contributed by atoms with Crippen LogP contribution in [0.15, 0.2) is 18.3 Å². The summed E-state index contributed by atoms with van der Waals surface area (Å²) < 4.78 is 11.3. The van der Waals surface area contributed by atoms with Crippen molar-refractivity contribution in [2.24, 2.45) is 0 Å². The molecule has 1 aliphatic carbocycles. The molecular formula is C15H22N2O2. The van der Waals surface area contributed by atoms with Crippen molar-refractivity contribution in [1.82, 2.24) is 10.3 Å². The van der Waals surface area contributed by atoms with Crippen LogP contribution in [0.2, 0.25) is 0 Å². The average Bonchev–Trinajstić information content (AvgIpc) is 3.13. The van der Waals surface area contributed by atoms with E-state index in [1.165, 1.54) is 25.7 Å². The van der Waals surface area contributed by atoms with Crippen LogP contribution in [0.3, 0.4) is 0 Å². The molecule has 0 bridgehead atoms. The van der Waals surface area contributed by atoms with E-state index in [4.69, 9.17) is 9.47 Å². The largest absolute Gasteiger partial charge is 0.492 e. The molecule has 3 rings (SSSR count). The maximum atomic E-state index is 5.70. The smallest absolute Gasteiger partial charge is 0.137 e. The lowest BCUT2D eigenvalue weighted by Gasteiger charge is -2.10. The molecule has 0 amide bonds. The van der Waals surface area contributed by atoms with Crippen LogP contribution in [0.25, 0.3) is 0 Å². The topological polar surface area (TPSA) is 43.4 Å². The van der Waals surface area contributed by atoms with Gasteiger partial charge >= 0.3 is 0 Å². The van der Waals surface area contributed by atoms with E-state index < -0.39 is 0 Å². The van der Waals surface area contributed by atoms with Crippen molar-refractivity contribution in [3.05, 3.63) is 24.0 Å². The molecule has 1 aromatic heterocycles. The van der Waals surface area contributed by atoms with Gasteiger partial charge in [0.05, 0.1) is 24.6 Å². The zero-order valence-corrected chi connectivity index (χ0v) is 11.3. The van der Waals surface area contributed by atoms with E-state index in [9.17, 15) is 0 Å². The lowest BCUT2D eigenvalue weighted by atomic mass is 10.2. The average molecular weight is 262 g/mol. The summed E-state index contributed by atoms with van der Waals surface area (Å²) in [6.45, 7) is 2.49. The number of nitrogens with one attached hydrogen (secondary N) is 1. The second-order valence-corrected chi connectivity index (χ2v) is 5.41. The monoisotopic (exact) mass is 262 g/mol. The van der Waals surface area contributed by atoms with E-state index in [1.807, 2.05) is 18.3 Å². The van der Waals surface area contributed by atoms with Gasteiger partial charge in [0.25, 0.3) is 0 Å². The predicted octanol–water partition coefficient (Wildman–Crippen LogP) is 2.28.